The number of ether oxygens (including phenoxy) is 2. The third kappa shape index (κ3) is 5.41. The number of nitrogens with one attached hydrogen (secondary N) is 1. The van der Waals surface area contributed by atoms with Crippen LogP contribution < -0.4 is 19.1 Å². The Morgan fingerprint density at radius 3 is 2.10 bits per heavy atom. The van der Waals surface area contributed by atoms with Gasteiger partial charge in [-0.3, -0.25) is 9.10 Å². The molecule has 2 aromatic rings. The summed E-state index contributed by atoms with van der Waals surface area (Å²) in [5.74, 6) is 0.681. The molecule has 0 aliphatic heterocycles. The van der Waals surface area contributed by atoms with Crippen molar-refractivity contribution in [3.05, 3.63) is 48.0 Å². The first-order valence-electron chi connectivity index (χ1n) is 9.20. The predicted octanol–water partition coefficient (Wildman–Crippen LogP) is 3.62. The van der Waals surface area contributed by atoms with Gasteiger partial charge in [0.1, 0.15) is 17.5 Å². The third-order valence-electron chi connectivity index (χ3n) is 4.56. The second kappa shape index (κ2) is 9.17. The van der Waals surface area contributed by atoms with Gasteiger partial charge >= 0.3 is 0 Å². The largest absolute Gasteiger partial charge is 0.497 e. The van der Waals surface area contributed by atoms with E-state index in [4.69, 9.17) is 9.47 Å². The Bertz CT molecular complexity index is 956. The Morgan fingerprint density at radius 1 is 1.00 bits per heavy atom. The Kier molecular flexibility index (Phi) is 7.13. The van der Waals surface area contributed by atoms with Crippen LogP contribution in [0, 0.1) is 0 Å². The molecule has 2 rings (SSSR count). The zero-order valence-corrected chi connectivity index (χ0v) is 18.4. The van der Waals surface area contributed by atoms with Crippen LogP contribution in [0.3, 0.4) is 0 Å². The summed E-state index contributed by atoms with van der Waals surface area (Å²) < 4.78 is 36.7. The van der Waals surface area contributed by atoms with E-state index in [1.807, 2.05) is 12.1 Å². The van der Waals surface area contributed by atoms with E-state index in [-0.39, 0.29) is 5.69 Å². The number of nitrogens with zero attached hydrogens (tertiary/aromatic N) is 1. The van der Waals surface area contributed by atoms with Gasteiger partial charge in [-0.25, -0.2) is 8.42 Å². The molecule has 0 fully saturated rings. The molecule has 0 aliphatic carbocycles. The molecular formula is C21H28N2O5S. The number of amides is 1. The van der Waals surface area contributed by atoms with Gasteiger partial charge in [-0.2, -0.15) is 0 Å². The first kappa shape index (κ1) is 22.5. The molecule has 29 heavy (non-hydrogen) atoms. The van der Waals surface area contributed by atoms with E-state index in [0.717, 1.165) is 16.1 Å². The van der Waals surface area contributed by atoms with Crippen molar-refractivity contribution in [2.45, 2.75) is 32.7 Å². The lowest BCUT2D eigenvalue weighted by molar-refractivity contribution is -0.116. The van der Waals surface area contributed by atoms with Crippen LogP contribution >= 0.6 is 0 Å². The zero-order chi connectivity index (χ0) is 21.8. The summed E-state index contributed by atoms with van der Waals surface area (Å²) in [6.45, 7) is 5.69. The minimum absolute atomic E-state index is 0.229. The van der Waals surface area contributed by atoms with Gasteiger partial charge in [-0.15, -0.1) is 0 Å². The maximum absolute atomic E-state index is 12.9. The molecule has 0 unspecified atom stereocenters. The van der Waals surface area contributed by atoms with Crippen LogP contribution in [0.4, 0.5) is 11.4 Å². The first-order chi connectivity index (χ1) is 13.6. The molecule has 0 radical (unpaired) electrons. The van der Waals surface area contributed by atoms with Crippen LogP contribution in [0.1, 0.15) is 32.3 Å². The molecule has 0 spiro atoms. The van der Waals surface area contributed by atoms with Crippen molar-refractivity contribution in [3.8, 4) is 11.5 Å². The molecule has 0 aromatic heterocycles. The molecule has 0 saturated carbocycles. The molecule has 1 N–H and O–H groups in total. The maximum Gasteiger partial charge on any atom is 0.247 e. The molecule has 1 atom stereocenters. The number of carbonyl (C=O) groups is 1. The zero-order valence-electron chi connectivity index (χ0n) is 17.6. The monoisotopic (exact) mass is 420 g/mol. The number of benzene rings is 2. The lowest BCUT2D eigenvalue weighted by atomic mass is 10.0. The Labute approximate surface area is 172 Å². The minimum atomic E-state index is -3.79. The molecular weight excluding hydrogens is 392 g/mol. The topological polar surface area (TPSA) is 84.9 Å². The van der Waals surface area contributed by atoms with E-state index < -0.39 is 22.0 Å². The molecule has 0 heterocycles. The Balaban J connectivity index is 2.37. The lowest BCUT2D eigenvalue weighted by Crippen LogP contribution is -2.45. The number of methoxy groups -OCH3 is 2. The van der Waals surface area contributed by atoms with Gasteiger partial charge in [-0.1, -0.05) is 26.0 Å². The standard InChI is InChI=1S/C21H28N2O5S/c1-14(2)16-7-9-17(10-8-16)22-21(24)15(3)23(29(6,25)26)19-13-18(27-4)11-12-20(19)28-5/h7-15H,1-6H3,(H,22,24)/t15-/m1/s1. The van der Waals surface area contributed by atoms with Gasteiger partial charge in [0.05, 0.1) is 26.2 Å². The van der Waals surface area contributed by atoms with Gasteiger partial charge < -0.3 is 14.8 Å². The van der Waals surface area contributed by atoms with Gasteiger partial charge in [-0.05, 0) is 42.7 Å². The average molecular weight is 421 g/mol. The van der Waals surface area contributed by atoms with Crippen LogP contribution in [0.25, 0.3) is 0 Å². The summed E-state index contributed by atoms with van der Waals surface area (Å²) in [5.41, 5.74) is 1.97. The fourth-order valence-corrected chi connectivity index (χ4v) is 4.12. The summed E-state index contributed by atoms with van der Waals surface area (Å²) >= 11 is 0. The summed E-state index contributed by atoms with van der Waals surface area (Å²) in [7, 11) is -0.876. The van der Waals surface area contributed by atoms with Crippen molar-refractivity contribution in [2.75, 3.05) is 30.1 Å². The van der Waals surface area contributed by atoms with E-state index in [1.54, 1.807) is 24.3 Å². The second-order valence-electron chi connectivity index (χ2n) is 7.04. The Morgan fingerprint density at radius 2 is 1.62 bits per heavy atom. The number of carbonyl (C=O) groups excluding carboxylic acids is 1. The Hall–Kier alpha value is -2.74. The van der Waals surface area contributed by atoms with Gasteiger partial charge in [0.25, 0.3) is 0 Å². The number of hydrogen-bond donors (Lipinski definition) is 1. The van der Waals surface area contributed by atoms with E-state index in [2.05, 4.69) is 19.2 Å². The molecule has 0 saturated heterocycles. The van der Waals surface area contributed by atoms with Gasteiger partial charge in [0, 0.05) is 11.8 Å². The highest BCUT2D eigenvalue weighted by atomic mass is 32.2. The van der Waals surface area contributed by atoms with Crippen molar-refractivity contribution in [2.24, 2.45) is 0 Å². The highest BCUT2D eigenvalue weighted by Gasteiger charge is 2.31. The molecule has 0 bridgehead atoms. The van der Waals surface area contributed by atoms with E-state index >= 15 is 0 Å². The van der Waals surface area contributed by atoms with Crippen LogP contribution in [-0.4, -0.2) is 40.8 Å². The molecule has 0 aliphatic rings. The summed E-state index contributed by atoms with van der Waals surface area (Å²) in [6.07, 6.45) is 1.05. The van der Waals surface area contributed by atoms with E-state index in [1.165, 1.54) is 27.2 Å². The minimum Gasteiger partial charge on any atom is -0.497 e. The van der Waals surface area contributed by atoms with Crippen LogP contribution in [0.5, 0.6) is 11.5 Å². The summed E-state index contributed by atoms with van der Waals surface area (Å²) in [6, 6.07) is 11.2. The smallest absolute Gasteiger partial charge is 0.247 e. The number of rotatable bonds is 8. The lowest BCUT2D eigenvalue weighted by Gasteiger charge is -2.29. The predicted molar refractivity (Wildman–Crippen MR) is 115 cm³/mol. The summed E-state index contributed by atoms with van der Waals surface area (Å²) in [4.78, 5) is 12.9. The van der Waals surface area contributed by atoms with Crippen molar-refractivity contribution in [3.63, 3.8) is 0 Å². The maximum atomic E-state index is 12.9. The van der Waals surface area contributed by atoms with Crippen molar-refractivity contribution < 1.29 is 22.7 Å². The van der Waals surface area contributed by atoms with Crippen molar-refractivity contribution >= 4 is 27.3 Å². The van der Waals surface area contributed by atoms with Crippen LogP contribution in [0.15, 0.2) is 42.5 Å². The first-order valence-corrected chi connectivity index (χ1v) is 11.1. The highest BCUT2D eigenvalue weighted by Crippen LogP contribution is 2.35. The highest BCUT2D eigenvalue weighted by molar-refractivity contribution is 7.92. The molecule has 7 nitrogen and oxygen atoms in total. The number of sulfonamides is 1. The van der Waals surface area contributed by atoms with Gasteiger partial charge in [0.2, 0.25) is 15.9 Å². The van der Waals surface area contributed by atoms with Crippen molar-refractivity contribution in [1.29, 1.82) is 0 Å². The van der Waals surface area contributed by atoms with Crippen LogP contribution in [-0.2, 0) is 14.8 Å². The average Bonchev–Trinajstić information content (AvgIpc) is 2.67. The number of anilines is 2. The molecule has 2 aromatic carbocycles. The molecule has 158 valence electrons. The molecule has 1 amide bonds. The van der Waals surface area contributed by atoms with E-state index in [0.29, 0.717) is 23.1 Å². The van der Waals surface area contributed by atoms with Gasteiger partial charge in [0.15, 0.2) is 0 Å². The summed E-state index contributed by atoms with van der Waals surface area (Å²) in [5, 5.41) is 2.78. The van der Waals surface area contributed by atoms with Crippen molar-refractivity contribution in [1.82, 2.24) is 0 Å². The fraction of sp³-hybridized carbons (Fsp3) is 0.381. The van der Waals surface area contributed by atoms with Crippen LogP contribution in [0.2, 0.25) is 0 Å². The fourth-order valence-electron chi connectivity index (χ4n) is 2.95. The number of hydrogen-bond acceptors (Lipinski definition) is 5. The normalized spacial score (nSPS) is 12.4. The second-order valence-corrected chi connectivity index (χ2v) is 8.90. The quantitative estimate of drug-likeness (QED) is 0.705. The molecule has 8 heteroatoms. The van der Waals surface area contributed by atoms with E-state index in [9.17, 15) is 13.2 Å². The SMILES string of the molecule is COc1ccc(OC)c(N([C@H](C)C(=O)Nc2ccc(C(C)C)cc2)S(C)(=O)=O)c1. The third-order valence-corrected chi connectivity index (χ3v) is 5.78.